The van der Waals surface area contributed by atoms with Crippen molar-refractivity contribution in [1.29, 1.82) is 0 Å². The summed E-state index contributed by atoms with van der Waals surface area (Å²) in [6.07, 6.45) is 1.86. The summed E-state index contributed by atoms with van der Waals surface area (Å²) in [5, 5.41) is 10.4. The summed E-state index contributed by atoms with van der Waals surface area (Å²) in [6.45, 7) is 7.12. The second kappa shape index (κ2) is 6.88. The fourth-order valence-electron chi connectivity index (χ4n) is 1.94. The number of pyridine rings is 1. The SMILES string of the molecule is CN=C(NCc1ccc(C)nc1)NCc1c(C)noc1C. The number of nitrogens with zero attached hydrogens (tertiary/aromatic N) is 3. The molecule has 0 aliphatic heterocycles. The van der Waals surface area contributed by atoms with Gasteiger partial charge in [-0.25, -0.2) is 0 Å². The third kappa shape index (κ3) is 4.05. The number of guanidine groups is 1. The lowest BCUT2D eigenvalue weighted by Gasteiger charge is -2.11. The molecule has 21 heavy (non-hydrogen) atoms. The standard InChI is InChI=1S/C15H21N5O/c1-10-5-6-13(7-17-10)8-18-15(16-4)19-9-14-11(2)20-21-12(14)3/h5-7H,8-9H2,1-4H3,(H2,16,18,19). The summed E-state index contributed by atoms with van der Waals surface area (Å²) in [5.41, 5.74) is 4.09. The first-order chi connectivity index (χ1) is 10.1. The third-order valence-corrected chi connectivity index (χ3v) is 3.27. The Morgan fingerprint density at radius 3 is 2.52 bits per heavy atom. The van der Waals surface area contributed by atoms with Crippen LogP contribution in [0.25, 0.3) is 0 Å². The molecule has 0 aliphatic rings. The molecule has 0 fully saturated rings. The van der Waals surface area contributed by atoms with Gasteiger partial charge in [-0.2, -0.15) is 0 Å². The molecule has 2 rings (SSSR count). The van der Waals surface area contributed by atoms with E-state index in [1.807, 2.05) is 33.0 Å². The molecular formula is C15H21N5O. The van der Waals surface area contributed by atoms with E-state index in [4.69, 9.17) is 4.52 Å². The molecule has 0 amide bonds. The van der Waals surface area contributed by atoms with Gasteiger partial charge in [-0.3, -0.25) is 9.98 Å². The van der Waals surface area contributed by atoms with Crippen LogP contribution in [0.15, 0.2) is 27.8 Å². The monoisotopic (exact) mass is 287 g/mol. The molecule has 0 saturated heterocycles. The van der Waals surface area contributed by atoms with E-state index in [0.717, 1.165) is 34.2 Å². The van der Waals surface area contributed by atoms with Crippen molar-refractivity contribution < 1.29 is 4.52 Å². The van der Waals surface area contributed by atoms with Gasteiger partial charge in [0.15, 0.2) is 5.96 Å². The van der Waals surface area contributed by atoms with E-state index >= 15 is 0 Å². The van der Waals surface area contributed by atoms with Crippen molar-refractivity contribution in [2.24, 2.45) is 4.99 Å². The molecule has 6 heteroatoms. The van der Waals surface area contributed by atoms with E-state index in [9.17, 15) is 0 Å². The average molecular weight is 287 g/mol. The van der Waals surface area contributed by atoms with Gasteiger partial charge in [0.05, 0.1) is 5.69 Å². The molecule has 2 heterocycles. The lowest BCUT2D eigenvalue weighted by atomic mass is 10.2. The first-order valence-corrected chi connectivity index (χ1v) is 6.88. The fraction of sp³-hybridized carbons (Fsp3) is 0.400. The van der Waals surface area contributed by atoms with Crippen LogP contribution in [-0.2, 0) is 13.1 Å². The van der Waals surface area contributed by atoms with Crippen molar-refractivity contribution in [3.8, 4) is 0 Å². The normalized spacial score (nSPS) is 11.5. The lowest BCUT2D eigenvalue weighted by molar-refractivity contribution is 0.392. The number of aliphatic imine (C=N–C) groups is 1. The highest BCUT2D eigenvalue weighted by molar-refractivity contribution is 5.79. The highest BCUT2D eigenvalue weighted by atomic mass is 16.5. The van der Waals surface area contributed by atoms with Crippen molar-refractivity contribution >= 4 is 5.96 Å². The molecule has 6 nitrogen and oxygen atoms in total. The Kier molecular flexibility index (Phi) is 4.92. The molecule has 2 aromatic rings. The minimum absolute atomic E-state index is 0.632. The molecular weight excluding hydrogens is 266 g/mol. The largest absolute Gasteiger partial charge is 0.361 e. The minimum Gasteiger partial charge on any atom is -0.361 e. The van der Waals surface area contributed by atoms with Gasteiger partial charge in [0.2, 0.25) is 0 Å². The Hall–Kier alpha value is -2.37. The Morgan fingerprint density at radius 2 is 1.95 bits per heavy atom. The number of nitrogens with one attached hydrogen (secondary N) is 2. The predicted molar refractivity (Wildman–Crippen MR) is 82.0 cm³/mol. The summed E-state index contributed by atoms with van der Waals surface area (Å²) in [7, 11) is 1.75. The van der Waals surface area contributed by atoms with Crippen LogP contribution >= 0.6 is 0 Å². The molecule has 0 aliphatic carbocycles. The zero-order chi connectivity index (χ0) is 15.2. The van der Waals surface area contributed by atoms with Gasteiger partial charge >= 0.3 is 0 Å². The van der Waals surface area contributed by atoms with Gasteiger partial charge < -0.3 is 15.2 Å². The predicted octanol–water partition coefficient (Wildman–Crippen LogP) is 1.86. The zero-order valence-electron chi connectivity index (χ0n) is 12.9. The van der Waals surface area contributed by atoms with Crippen molar-refractivity contribution in [1.82, 2.24) is 20.8 Å². The van der Waals surface area contributed by atoms with Crippen molar-refractivity contribution in [2.45, 2.75) is 33.9 Å². The molecule has 0 saturated carbocycles. The maximum atomic E-state index is 5.14. The fourth-order valence-corrected chi connectivity index (χ4v) is 1.94. The Bertz CT molecular complexity index is 596. The van der Waals surface area contributed by atoms with E-state index < -0.39 is 0 Å². The van der Waals surface area contributed by atoms with Crippen molar-refractivity contribution in [3.63, 3.8) is 0 Å². The van der Waals surface area contributed by atoms with E-state index in [0.29, 0.717) is 13.1 Å². The Morgan fingerprint density at radius 1 is 1.19 bits per heavy atom. The number of rotatable bonds is 4. The van der Waals surface area contributed by atoms with Crippen LogP contribution in [0.2, 0.25) is 0 Å². The van der Waals surface area contributed by atoms with E-state index in [-0.39, 0.29) is 0 Å². The van der Waals surface area contributed by atoms with Gasteiger partial charge in [-0.1, -0.05) is 11.2 Å². The second-order valence-corrected chi connectivity index (χ2v) is 4.89. The van der Waals surface area contributed by atoms with E-state index in [1.54, 1.807) is 7.05 Å². The molecule has 0 spiro atoms. The summed E-state index contributed by atoms with van der Waals surface area (Å²) >= 11 is 0. The van der Waals surface area contributed by atoms with Crippen LogP contribution in [0.1, 0.15) is 28.3 Å². The number of aryl methyl sites for hydroxylation is 3. The smallest absolute Gasteiger partial charge is 0.191 e. The van der Waals surface area contributed by atoms with E-state index in [2.05, 4.69) is 31.8 Å². The molecule has 0 aromatic carbocycles. The summed E-state index contributed by atoms with van der Waals surface area (Å²) in [6, 6.07) is 4.05. The van der Waals surface area contributed by atoms with Crippen LogP contribution in [0.3, 0.4) is 0 Å². The molecule has 112 valence electrons. The second-order valence-electron chi connectivity index (χ2n) is 4.89. The van der Waals surface area contributed by atoms with Gasteiger partial charge in [0.1, 0.15) is 5.76 Å². The number of hydrogen-bond acceptors (Lipinski definition) is 4. The minimum atomic E-state index is 0.632. The van der Waals surface area contributed by atoms with Crippen LogP contribution in [0.4, 0.5) is 0 Å². The van der Waals surface area contributed by atoms with Crippen LogP contribution in [-0.4, -0.2) is 23.1 Å². The summed E-state index contributed by atoms with van der Waals surface area (Å²) in [5.74, 6) is 1.56. The number of hydrogen-bond donors (Lipinski definition) is 2. The lowest BCUT2D eigenvalue weighted by Crippen LogP contribution is -2.36. The van der Waals surface area contributed by atoms with Gasteiger partial charge in [-0.05, 0) is 32.4 Å². The third-order valence-electron chi connectivity index (χ3n) is 3.27. The first-order valence-electron chi connectivity index (χ1n) is 6.88. The first kappa shape index (κ1) is 15.0. The average Bonchev–Trinajstić information content (AvgIpc) is 2.80. The highest BCUT2D eigenvalue weighted by Gasteiger charge is 2.09. The maximum Gasteiger partial charge on any atom is 0.191 e. The van der Waals surface area contributed by atoms with Gasteiger partial charge in [0.25, 0.3) is 0 Å². The molecule has 0 bridgehead atoms. The van der Waals surface area contributed by atoms with Gasteiger partial charge in [0, 0.05) is 37.6 Å². The summed E-state index contributed by atoms with van der Waals surface area (Å²) < 4.78 is 5.14. The molecule has 2 aromatic heterocycles. The Labute approximate surface area is 124 Å². The van der Waals surface area contributed by atoms with Gasteiger partial charge in [-0.15, -0.1) is 0 Å². The number of aromatic nitrogens is 2. The zero-order valence-corrected chi connectivity index (χ0v) is 12.9. The quantitative estimate of drug-likeness (QED) is 0.663. The topological polar surface area (TPSA) is 75.3 Å². The summed E-state index contributed by atoms with van der Waals surface area (Å²) in [4.78, 5) is 8.47. The van der Waals surface area contributed by atoms with Crippen LogP contribution in [0.5, 0.6) is 0 Å². The Balaban J connectivity index is 1.88. The van der Waals surface area contributed by atoms with Crippen molar-refractivity contribution in [3.05, 3.63) is 46.6 Å². The molecule has 0 radical (unpaired) electrons. The maximum absolute atomic E-state index is 5.14. The van der Waals surface area contributed by atoms with Crippen LogP contribution in [0, 0.1) is 20.8 Å². The van der Waals surface area contributed by atoms with E-state index in [1.165, 1.54) is 0 Å². The van der Waals surface area contributed by atoms with Crippen molar-refractivity contribution in [2.75, 3.05) is 7.05 Å². The molecule has 0 unspecified atom stereocenters. The molecule has 2 N–H and O–H groups in total. The highest BCUT2D eigenvalue weighted by Crippen LogP contribution is 2.11. The van der Waals surface area contributed by atoms with Crippen LogP contribution < -0.4 is 10.6 Å². The molecule has 0 atom stereocenters.